The summed E-state index contributed by atoms with van der Waals surface area (Å²) in [7, 11) is 1.58. The molecule has 1 saturated heterocycles. The van der Waals surface area contributed by atoms with Crippen LogP contribution in [0.5, 0.6) is 5.75 Å². The normalized spacial score (nSPS) is 21.2. The van der Waals surface area contributed by atoms with Crippen molar-refractivity contribution in [3.05, 3.63) is 29.8 Å². The van der Waals surface area contributed by atoms with Crippen LogP contribution in [0.25, 0.3) is 0 Å². The third kappa shape index (κ3) is 4.84. The molecule has 2 N–H and O–H groups in total. The van der Waals surface area contributed by atoms with Gasteiger partial charge in [0.2, 0.25) is 5.91 Å². The molecule has 1 amide bonds. The van der Waals surface area contributed by atoms with E-state index in [1.165, 1.54) is 18.2 Å². The number of halogens is 3. The van der Waals surface area contributed by atoms with Crippen LogP contribution in [0.2, 0.25) is 0 Å². The Hall–Kier alpha value is -1.80. The topological polar surface area (TPSA) is 59.6 Å². The van der Waals surface area contributed by atoms with Gasteiger partial charge in [0, 0.05) is 13.7 Å². The van der Waals surface area contributed by atoms with Crippen molar-refractivity contribution in [2.45, 2.75) is 24.7 Å². The Bertz CT molecular complexity index is 537. The number of nitrogens with one attached hydrogen (secondary N) is 2. The molecule has 1 heterocycles. The second kappa shape index (κ2) is 7.65. The Labute approximate surface area is 132 Å². The number of hydrogen-bond acceptors (Lipinski definition) is 4. The summed E-state index contributed by atoms with van der Waals surface area (Å²) >= 11 is 0. The Morgan fingerprint density at radius 3 is 2.78 bits per heavy atom. The number of carbonyl (C=O) groups is 1. The third-order valence-electron chi connectivity index (χ3n) is 3.59. The van der Waals surface area contributed by atoms with Crippen LogP contribution in [0.1, 0.15) is 12.0 Å². The molecule has 128 valence electrons. The molecule has 0 radical (unpaired) electrons. The van der Waals surface area contributed by atoms with Crippen molar-refractivity contribution in [1.29, 1.82) is 0 Å². The van der Waals surface area contributed by atoms with E-state index >= 15 is 0 Å². The highest BCUT2D eigenvalue weighted by molar-refractivity contribution is 5.82. The highest BCUT2D eigenvalue weighted by atomic mass is 19.4. The summed E-state index contributed by atoms with van der Waals surface area (Å²) < 4.78 is 48.7. The number of rotatable bonds is 6. The smallest absolute Gasteiger partial charge is 0.419 e. The molecule has 1 aromatic carbocycles. The number of alkyl halides is 3. The summed E-state index contributed by atoms with van der Waals surface area (Å²) in [5.41, 5.74) is -0.827. The lowest BCUT2D eigenvalue weighted by molar-refractivity contribution is -0.139. The Morgan fingerprint density at radius 1 is 1.39 bits per heavy atom. The van der Waals surface area contributed by atoms with Crippen molar-refractivity contribution in [1.82, 2.24) is 10.6 Å². The lowest BCUT2D eigenvalue weighted by Crippen LogP contribution is -2.41. The molecule has 0 aromatic heterocycles. The van der Waals surface area contributed by atoms with Gasteiger partial charge < -0.3 is 20.1 Å². The summed E-state index contributed by atoms with van der Waals surface area (Å²) in [6.07, 6.45) is -3.90. The highest BCUT2D eigenvalue weighted by Crippen LogP contribution is 2.35. The van der Waals surface area contributed by atoms with Crippen LogP contribution in [0.15, 0.2) is 24.3 Å². The van der Waals surface area contributed by atoms with Gasteiger partial charge in [0.05, 0.1) is 24.3 Å². The van der Waals surface area contributed by atoms with Crippen molar-refractivity contribution < 1.29 is 27.4 Å². The molecular weight excluding hydrogens is 313 g/mol. The molecule has 5 nitrogen and oxygen atoms in total. The van der Waals surface area contributed by atoms with Crippen LogP contribution in [0, 0.1) is 0 Å². The number of ether oxygens (including phenoxy) is 2. The van der Waals surface area contributed by atoms with E-state index in [4.69, 9.17) is 9.47 Å². The maximum atomic E-state index is 12.8. The Balaban J connectivity index is 1.77. The molecule has 23 heavy (non-hydrogen) atoms. The van der Waals surface area contributed by atoms with Crippen molar-refractivity contribution in [2.24, 2.45) is 0 Å². The molecule has 1 fully saturated rings. The van der Waals surface area contributed by atoms with E-state index in [1.54, 1.807) is 7.11 Å². The van der Waals surface area contributed by atoms with Gasteiger partial charge in [-0.2, -0.15) is 13.2 Å². The fourth-order valence-electron chi connectivity index (χ4n) is 2.37. The molecule has 1 aliphatic heterocycles. The van der Waals surface area contributed by atoms with Gasteiger partial charge in [0.1, 0.15) is 12.4 Å². The zero-order valence-corrected chi connectivity index (χ0v) is 12.7. The average Bonchev–Trinajstić information content (AvgIpc) is 3.00. The van der Waals surface area contributed by atoms with Crippen LogP contribution in [0.4, 0.5) is 13.2 Å². The number of benzene rings is 1. The summed E-state index contributed by atoms with van der Waals surface area (Å²) in [4.78, 5) is 11.9. The van der Waals surface area contributed by atoms with Crippen molar-refractivity contribution in [2.75, 3.05) is 26.8 Å². The van der Waals surface area contributed by atoms with Crippen molar-refractivity contribution in [3.63, 3.8) is 0 Å². The Kier molecular flexibility index (Phi) is 5.84. The molecular formula is C15H19F3N2O3. The summed E-state index contributed by atoms with van der Waals surface area (Å²) in [6, 6.07) is 4.64. The van der Waals surface area contributed by atoms with E-state index in [-0.39, 0.29) is 37.0 Å². The molecule has 0 saturated carbocycles. The molecule has 1 aliphatic rings. The minimum Gasteiger partial charge on any atom is -0.491 e. The zero-order valence-electron chi connectivity index (χ0n) is 12.7. The van der Waals surface area contributed by atoms with Crippen LogP contribution in [0.3, 0.4) is 0 Å². The van der Waals surface area contributed by atoms with Gasteiger partial charge in [0.25, 0.3) is 0 Å². The van der Waals surface area contributed by atoms with Gasteiger partial charge in [0.15, 0.2) is 0 Å². The maximum absolute atomic E-state index is 12.8. The minimum absolute atomic E-state index is 0.000613. The highest BCUT2D eigenvalue weighted by Gasteiger charge is 2.34. The van der Waals surface area contributed by atoms with E-state index in [0.29, 0.717) is 13.0 Å². The maximum Gasteiger partial charge on any atom is 0.419 e. The van der Waals surface area contributed by atoms with Crippen molar-refractivity contribution in [3.8, 4) is 5.75 Å². The summed E-state index contributed by atoms with van der Waals surface area (Å²) in [6.45, 7) is 0.685. The lowest BCUT2D eigenvalue weighted by atomic mass is 10.2. The average molecular weight is 332 g/mol. The minimum atomic E-state index is -4.47. The third-order valence-corrected chi connectivity index (χ3v) is 3.59. The van der Waals surface area contributed by atoms with E-state index in [2.05, 4.69) is 10.6 Å². The van der Waals surface area contributed by atoms with E-state index < -0.39 is 11.7 Å². The number of hydrogen-bond donors (Lipinski definition) is 2. The van der Waals surface area contributed by atoms with E-state index in [0.717, 1.165) is 6.07 Å². The lowest BCUT2D eigenvalue weighted by Gasteiger charge is -2.15. The monoisotopic (exact) mass is 332 g/mol. The second-order valence-corrected chi connectivity index (χ2v) is 5.19. The Morgan fingerprint density at radius 2 is 2.13 bits per heavy atom. The molecule has 0 aliphatic carbocycles. The van der Waals surface area contributed by atoms with Gasteiger partial charge in [-0.25, -0.2) is 0 Å². The standard InChI is InChI=1S/C15H19F3N2O3/c1-22-10-8-12(20-9-10)14(21)19-6-7-23-13-5-3-2-4-11(13)15(16,17)18/h2-5,10,12,20H,6-9H2,1H3,(H,19,21)/t10-,12-/m0/s1. The fraction of sp³-hybridized carbons (Fsp3) is 0.533. The molecule has 1 aromatic rings. The van der Waals surface area contributed by atoms with Crippen LogP contribution < -0.4 is 15.4 Å². The fourth-order valence-corrected chi connectivity index (χ4v) is 2.37. The quantitative estimate of drug-likeness (QED) is 0.777. The van der Waals surface area contributed by atoms with Crippen LogP contribution >= 0.6 is 0 Å². The molecule has 0 spiro atoms. The number of carbonyl (C=O) groups excluding carboxylic acids is 1. The first-order valence-corrected chi connectivity index (χ1v) is 7.24. The van der Waals surface area contributed by atoms with E-state index in [1.807, 2.05) is 0 Å². The van der Waals surface area contributed by atoms with Crippen LogP contribution in [-0.4, -0.2) is 44.9 Å². The summed E-state index contributed by atoms with van der Waals surface area (Å²) in [5.74, 6) is -0.454. The molecule has 0 unspecified atom stereocenters. The second-order valence-electron chi connectivity index (χ2n) is 5.19. The largest absolute Gasteiger partial charge is 0.491 e. The van der Waals surface area contributed by atoms with Gasteiger partial charge in [-0.3, -0.25) is 4.79 Å². The predicted molar refractivity (Wildman–Crippen MR) is 77.2 cm³/mol. The zero-order chi connectivity index (χ0) is 16.9. The first-order chi connectivity index (χ1) is 10.9. The van der Waals surface area contributed by atoms with Crippen LogP contribution in [-0.2, 0) is 15.7 Å². The van der Waals surface area contributed by atoms with Gasteiger partial charge in [-0.1, -0.05) is 12.1 Å². The molecule has 2 atom stereocenters. The molecule has 2 rings (SSSR count). The van der Waals surface area contributed by atoms with Crippen molar-refractivity contribution >= 4 is 5.91 Å². The van der Waals surface area contributed by atoms with Gasteiger partial charge >= 0.3 is 6.18 Å². The van der Waals surface area contributed by atoms with E-state index in [9.17, 15) is 18.0 Å². The molecule has 8 heteroatoms. The first kappa shape index (κ1) is 17.6. The SMILES string of the molecule is CO[C@@H]1CN[C@H](C(=O)NCCOc2ccccc2C(F)(F)F)C1. The number of para-hydroxylation sites is 1. The number of methoxy groups -OCH3 is 1. The summed E-state index contributed by atoms with van der Waals surface area (Å²) in [5, 5.41) is 5.65. The first-order valence-electron chi connectivity index (χ1n) is 7.24. The number of amides is 1. The predicted octanol–water partition coefficient (Wildman–Crippen LogP) is 1.58. The van der Waals surface area contributed by atoms with Gasteiger partial charge in [-0.15, -0.1) is 0 Å². The van der Waals surface area contributed by atoms with Gasteiger partial charge in [-0.05, 0) is 18.6 Å². The molecule has 0 bridgehead atoms.